The minimum atomic E-state index is -4.17. The van der Waals surface area contributed by atoms with E-state index in [2.05, 4.69) is 5.32 Å². The van der Waals surface area contributed by atoms with E-state index in [1.165, 1.54) is 17.0 Å². The highest BCUT2D eigenvalue weighted by molar-refractivity contribution is 7.92. The molecule has 0 radical (unpaired) electrons. The third kappa shape index (κ3) is 7.56. The van der Waals surface area contributed by atoms with Gasteiger partial charge in [0.1, 0.15) is 12.6 Å². The minimum Gasteiger partial charge on any atom is -0.352 e. The summed E-state index contributed by atoms with van der Waals surface area (Å²) in [7, 11) is -4.17. The molecule has 0 saturated heterocycles. The summed E-state index contributed by atoms with van der Waals surface area (Å²) in [6, 6.07) is 17.3. The van der Waals surface area contributed by atoms with Gasteiger partial charge >= 0.3 is 0 Å². The summed E-state index contributed by atoms with van der Waals surface area (Å²) in [5.74, 6) is -0.871. The fraction of sp³-hybridized carbons (Fsp3) is 0.333. The van der Waals surface area contributed by atoms with Crippen LogP contribution in [0.5, 0.6) is 0 Å². The number of carbonyl (C=O) groups excluding carboxylic acids is 2. The molecule has 0 heterocycles. The standard InChI is InChI=1S/C30H35Cl2N3O4S/c1-6-27(30(37)33-20(2)3)34(18-23-9-7-8-10-26(23)32)29(36)19-35(28-16-13-24(31)17-22(28)5)40(38,39)25-14-11-21(4)12-15-25/h7-17,20,27H,6,18-19H2,1-5H3,(H,33,37)/t27-/m0/s1. The largest absolute Gasteiger partial charge is 0.352 e. The summed E-state index contributed by atoms with van der Waals surface area (Å²) in [5, 5.41) is 3.76. The number of anilines is 1. The van der Waals surface area contributed by atoms with Crippen LogP contribution in [-0.4, -0.2) is 43.8 Å². The molecule has 40 heavy (non-hydrogen) atoms. The maximum atomic E-state index is 14.1. The predicted octanol–water partition coefficient (Wildman–Crippen LogP) is 6.14. The zero-order valence-corrected chi connectivity index (χ0v) is 25.6. The van der Waals surface area contributed by atoms with Crippen molar-refractivity contribution in [2.24, 2.45) is 0 Å². The molecule has 0 aromatic heterocycles. The fourth-order valence-electron chi connectivity index (χ4n) is 4.36. The van der Waals surface area contributed by atoms with Crippen LogP contribution in [0.2, 0.25) is 10.0 Å². The van der Waals surface area contributed by atoms with Crippen LogP contribution in [0.3, 0.4) is 0 Å². The molecule has 0 saturated carbocycles. The van der Waals surface area contributed by atoms with Crippen LogP contribution in [-0.2, 0) is 26.2 Å². The highest BCUT2D eigenvalue weighted by atomic mass is 35.5. The summed E-state index contributed by atoms with van der Waals surface area (Å²) in [6.45, 7) is 8.57. The van der Waals surface area contributed by atoms with E-state index in [0.29, 0.717) is 33.3 Å². The lowest BCUT2D eigenvalue weighted by atomic mass is 10.1. The zero-order chi connectivity index (χ0) is 29.6. The van der Waals surface area contributed by atoms with E-state index >= 15 is 0 Å². The Labute approximate surface area is 247 Å². The molecule has 0 unspecified atom stereocenters. The molecule has 2 amide bonds. The summed E-state index contributed by atoms with van der Waals surface area (Å²) in [4.78, 5) is 28.8. The number of nitrogens with one attached hydrogen (secondary N) is 1. The Hall–Kier alpha value is -3.07. The van der Waals surface area contributed by atoms with E-state index in [-0.39, 0.29) is 23.4 Å². The summed E-state index contributed by atoms with van der Waals surface area (Å²) < 4.78 is 29.1. The first-order valence-corrected chi connectivity index (χ1v) is 15.2. The molecule has 0 aliphatic rings. The van der Waals surface area contributed by atoms with Crippen molar-refractivity contribution in [1.29, 1.82) is 0 Å². The first-order chi connectivity index (χ1) is 18.8. The van der Waals surface area contributed by atoms with Crippen LogP contribution >= 0.6 is 23.2 Å². The molecule has 10 heteroatoms. The van der Waals surface area contributed by atoms with Gasteiger partial charge < -0.3 is 10.2 Å². The Kier molecular flexibility index (Phi) is 10.6. The van der Waals surface area contributed by atoms with Gasteiger partial charge in [0.2, 0.25) is 11.8 Å². The van der Waals surface area contributed by atoms with Crippen molar-refractivity contribution >= 4 is 50.7 Å². The van der Waals surface area contributed by atoms with E-state index in [9.17, 15) is 18.0 Å². The van der Waals surface area contributed by atoms with E-state index in [1.807, 2.05) is 27.7 Å². The molecule has 7 nitrogen and oxygen atoms in total. The molecule has 1 atom stereocenters. The van der Waals surface area contributed by atoms with Crippen molar-refractivity contribution in [3.05, 3.63) is 93.5 Å². The van der Waals surface area contributed by atoms with Crippen LogP contribution in [0.15, 0.2) is 71.6 Å². The molecular weight excluding hydrogens is 569 g/mol. The predicted molar refractivity (Wildman–Crippen MR) is 161 cm³/mol. The Morgan fingerprint density at radius 3 is 2.17 bits per heavy atom. The average Bonchev–Trinajstić information content (AvgIpc) is 2.88. The van der Waals surface area contributed by atoms with Gasteiger partial charge in [0.15, 0.2) is 0 Å². The molecule has 214 valence electrons. The number of carbonyl (C=O) groups is 2. The third-order valence-electron chi connectivity index (χ3n) is 6.43. The summed E-state index contributed by atoms with van der Waals surface area (Å²) >= 11 is 12.6. The first-order valence-electron chi connectivity index (χ1n) is 13.0. The number of hydrogen-bond acceptors (Lipinski definition) is 4. The number of benzene rings is 3. The molecule has 0 fully saturated rings. The molecule has 0 spiro atoms. The molecule has 0 aliphatic heterocycles. The summed E-state index contributed by atoms with van der Waals surface area (Å²) in [6.07, 6.45) is 0.319. The van der Waals surface area contributed by atoms with Gasteiger partial charge in [-0.1, -0.05) is 66.0 Å². The van der Waals surface area contributed by atoms with Crippen molar-refractivity contribution in [3.63, 3.8) is 0 Å². The van der Waals surface area contributed by atoms with Crippen molar-refractivity contribution < 1.29 is 18.0 Å². The zero-order valence-electron chi connectivity index (χ0n) is 23.3. The van der Waals surface area contributed by atoms with Crippen LogP contribution < -0.4 is 9.62 Å². The quantitative estimate of drug-likeness (QED) is 0.285. The van der Waals surface area contributed by atoms with Gasteiger partial charge in [-0.05, 0) is 81.6 Å². The second-order valence-corrected chi connectivity index (χ2v) is 12.7. The van der Waals surface area contributed by atoms with Gasteiger partial charge in [0.05, 0.1) is 10.6 Å². The normalized spacial score (nSPS) is 12.2. The minimum absolute atomic E-state index is 0.0283. The van der Waals surface area contributed by atoms with Gasteiger partial charge in [-0.25, -0.2) is 8.42 Å². The Bertz CT molecular complexity index is 1460. The second kappa shape index (κ2) is 13.5. The highest BCUT2D eigenvalue weighted by Gasteiger charge is 2.34. The molecule has 3 rings (SSSR count). The van der Waals surface area contributed by atoms with E-state index < -0.39 is 28.5 Å². The number of hydrogen-bond donors (Lipinski definition) is 1. The van der Waals surface area contributed by atoms with Gasteiger partial charge in [0, 0.05) is 22.6 Å². The molecule has 3 aromatic rings. The van der Waals surface area contributed by atoms with Crippen LogP contribution in [0, 0.1) is 13.8 Å². The lowest BCUT2D eigenvalue weighted by molar-refractivity contribution is -0.140. The number of nitrogens with zero attached hydrogens (tertiary/aromatic N) is 2. The summed E-state index contributed by atoms with van der Waals surface area (Å²) in [5.41, 5.74) is 2.44. The van der Waals surface area contributed by atoms with Gasteiger partial charge in [-0.15, -0.1) is 0 Å². The average molecular weight is 605 g/mol. The van der Waals surface area contributed by atoms with Crippen LogP contribution in [0.25, 0.3) is 0 Å². The van der Waals surface area contributed by atoms with Crippen LogP contribution in [0.4, 0.5) is 5.69 Å². The first kappa shape index (κ1) is 31.5. The van der Waals surface area contributed by atoms with E-state index in [4.69, 9.17) is 23.2 Å². The smallest absolute Gasteiger partial charge is 0.264 e. The van der Waals surface area contributed by atoms with Crippen molar-refractivity contribution in [1.82, 2.24) is 10.2 Å². The van der Waals surface area contributed by atoms with E-state index in [0.717, 1.165) is 9.87 Å². The van der Waals surface area contributed by atoms with Crippen LogP contribution in [0.1, 0.15) is 43.9 Å². The molecule has 0 bridgehead atoms. The van der Waals surface area contributed by atoms with Crippen molar-refractivity contribution in [2.45, 2.75) is 64.6 Å². The Morgan fingerprint density at radius 2 is 1.60 bits per heavy atom. The van der Waals surface area contributed by atoms with Gasteiger partial charge in [-0.2, -0.15) is 0 Å². The lowest BCUT2D eigenvalue weighted by Crippen LogP contribution is -2.53. The number of aryl methyl sites for hydroxylation is 2. The SMILES string of the molecule is CC[C@@H](C(=O)NC(C)C)N(Cc1ccccc1Cl)C(=O)CN(c1ccc(Cl)cc1C)S(=O)(=O)c1ccc(C)cc1. The monoisotopic (exact) mass is 603 g/mol. The number of halogens is 2. The van der Waals surface area contributed by atoms with Gasteiger partial charge in [-0.3, -0.25) is 13.9 Å². The Balaban J connectivity index is 2.11. The fourth-order valence-corrected chi connectivity index (χ4v) is 6.26. The Morgan fingerprint density at radius 1 is 0.950 bits per heavy atom. The molecule has 1 N–H and O–H groups in total. The number of sulfonamides is 1. The van der Waals surface area contributed by atoms with Crippen molar-refractivity contribution in [2.75, 3.05) is 10.8 Å². The topological polar surface area (TPSA) is 86.8 Å². The lowest BCUT2D eigenvalue weighted by Gasteiger charge is -2.34. The molecule has 3 aromatic carbocycles. The maximum Gasteiger partial charge on any atom is 0.264 e. The third-order valence-corrected chi connectivity index (χ3v) is 8.81. The van der Waals surface area contributed by atoms with Gasteiger partial charge in [0.25, 0.3) is 10.0 Å². The molecule has 0 aliphatic carbocycles. The second-order valence-electron chi connectivity index (χ2n) is 9.96. The number of amides is 2. The van der Waals surface area contributed by atoms with Crippen molar-refractivity contribution in [3.8, 4) is 0 Å². The maximum absolute atomic E-state index is 14.1. The highest BCUT2D eigenvalue weighted by Crippen LogP contribution is 2.30. The number of rotatable bonds is 11. The van der Waals surface area contributed by atoms with E-state index in [1.54, 1.807) is 61.5 Å². The molecular formula is C30H35Cl2N3O4S.